The molecule has 2 aromatic heterocycles. The van der Waals surface area contributed by atoms with E-state index < -0.39 is 5.97 Å². The monoisotopic (exact) mass is 514 g/mol. The number of esters is 1. The highest BCUT2D eigenvalue weighted by atomic mass is 32.1. The number of para-hydroxylation sites is 1. The fourth-order valence-corrected chi connectivity index (χ4v) is 4.79. The van der Waals surface area contributed by atoms with Gasteiger partial charge >= 0.3 is 5.97 Å². The molecule has 0 unspecified atom stereocenters. The largest absolute Gasteiger partial charge is 0.493 e. The first-order valence-corrected chi connectivity index (χ1v) is 12.0. The van der Waals surface area contributed by atoms with Crippen LogP contribution < -0.4 is 15.0 Å². The fraction of sp³-hybridized carbons (Fsp3) is 0.111. The number of aromatic amines is 1. The number of carbonyl (C=O) groups is 1. The number of aromatic nitrogens is 3. The van der Waals surface area contributed by atoms with Crippen LogP contribution in [0.5, 0.6) is 11.5 Å². The van der Waals surface area contributed by atoms with Gasteiger partial charge in [-0.15, -0.1) is 0 Å². The lowest BCUT2D eigenvalue weighted by atomic mass is 10.1. The number of aliphatic imine (C=N–C) groups is 1. The summed E-state index contributed by atoms with van der Waals surface area (Å²) in [4.78, 5) is 35.2. The van der Waals surface area contributed by atoms with Gasteiger partial charge in [-0.05, 0) is 12.1 Å². The van der Waals surface area contributed by atoms with Crippen LogP contribution in [0.1, 0.15) is 15.9 Å². The van der Waals surface area contributed by atoms with Gasteiger partial charge in [-0.2, -0.15) is 4.68 Å². The molecule has 0 saturated carbocycles. The van der Waals surface area contributed by atoms with E-state index in [0.717, 1.165) is 15.8 Å². The van der Waals surface area contributed by atoms with E-state index >= 15 is 0 Å². The van der Waals surface area contributed by atoms with E-state index in [0.29, 0.717) is 27.9 Å². The van der Waals surface area contributed by atoms with Crippen molar-refractivity contribution in [3.8, 4) is 27.9 Å². The second kappa shape index (κ2) is 10.1. The molecule has 3 aromatic carbocycles. The topological polar surface area (TPSA) is 108 Å². The van der Waals surface area contributed by atoms with E-state index in [1.807, 2.05) is 54.6 Å². The van der Waals surface area contributed by atoms with Crippen LogP contribution in [0.4, 0.5) is 5.69 Å². The summed E-state index contributed by atoms with van der Waals surface area (Å²) in [5.41, 5.74) is 2.55. The minimum Gasteiger partial charge on any atom is -0.493 e. The Morgan fingerprint density at radius 3 is 2.41 bits per heavy atom. The third-order valence-corrected chi connectivity index (χ3v) is 6.72. The van der Waals surface area contributed by atoms with Crippen LogP contribution in [0.2, 0.25) is 0 Å². The summed E-state index contributed by atoms with van der Waals surface area (Å²) in [6.45, 7) is 0. The van der Waals surface area contributed by atoms with Crippen molar-refractivity contribution in [1.29, 1.82) is 0 Å². The lowest BCUT2D eigenvalue weighted by Crippen LogP contribution is -2.17. The van der Waals surface area contributed by atoms with Crippen molar-refractivity contribution in [2.45, 2.75) is 0 Å². The molecule has 5 aromatic rings. The Labute approximate surface area is 215 Å². The highest BCUT2D eigenvalue weighted by molar-refractivity contribution is 7.20. The zero-order chi connectivity index (χ0) is 25.9. The van der Waals surface area contributed by atoms with Crippen LogP contribution in [0.3, 0.4) is 0 Å². The van der Waals surface area contributed by atoms with E-state index in [1.165, 1.54) is 49.6 Å². The van der Waals surface area contributed by atoms with E-state index in [9.17, 15) is 9.59 Å². The number of nitrogens with zero attached hydrogens (tertiary/aromatic N) is 3. The Morgan fingerprint density at radius 1 is 1.00 bits per heavy atom. The second-order valence-corrected chi connectivity index (χ2v) is 8.85. The maximum Gasteiger partial charge on any atom is 0.340 e. The van der Waals surface area contributed by atoms with Crippen molar-refractivity contribution in [2.24, 2.45) is 4.99 Å². The second-order valence-electron chi connectivity index (χ2n) is 7.85. The molecule has 0 fully saturated rings. The third kappa shape index (κ3) is 4.50. The van der Waals surface area contributed by atoms with Gasteiger partial charge in [-0.3, -0.25) is 14.9 Å². The Hall–Kier alpha value is -4.70. The lowest BCUT2D eigenvalue weighted by Gasteiger charge is -2.11. The van der Waals surface area contributed by atoms with Crippen molar-refractivity contribution in [3.63, 3.8) is 0 Å². The van der Waals surface area contributed by atoms with Gasteiger partial charge in [0.15, 0.2) is 11.5 Å². The van der Waals surface area contributed by atoms with Gasteiger partial charge in [-0.25, -0.2) is 9.78 Å². The zero-order valence-corrected chi connectivity index (χ0v) is 21.0. The van der Waals surface area contributed by atoms with Gasteiger partial charge in [0.25, 0.3) is 5.56 Å². The minimum atomic E-state index is -0.600. The first kappa shape index (κ1) is 24.0. The summed E-state index contributed by atoms with van der Waals surface area (Å²) >= 11 is 1.40. The molecule has 2 heterocycles. The lowest BCUT2D eigenvalue weighted by molar-refractivity contribution is 0.0601. The molecule has 0 aliphatic rings. The van der Waals surface area contributed by atoms with Crippen molar-refractivity contribution in [1.82, 2.24) is 14.8 Å². The fourth-order valence-electron chi connectivity index (χ4n) is 3.87. The smallest absolute Gasteiger partial charge is 0.340 e. The molecule has 0 radical (unpaired) electrons. The van der Waals surface area contributed by atoms with Crippen molar-refractivity contribution < 1.29 is 19.0 Å². The molecule has 1 N–H and O–H groups in total. The molecule has 0 aliphatic heterocycles. The Morgan fingerprint density at radius 2 is 1.70 bits per heavy atom. The van der Waals surface area contributed by atoms with Gasteiger partial charge in [0.2, 0.25) is 5.13 Å². The standard InChI is InChI=1S/C27H22N4O5S/c1-34-21-13-17(26(33)36-3)20(14-22(21)35-2)28-15-18-24(16-9-5-4-6-10-16)30-31(25(18)32)27-29-19-11-7-8-12-23(19)37-27/h4-15,30H,1-3H3. The van der Waals surface area contributed by atoms with Crippen LogP contribution >= 0.6 is 11.3 Å². The number of nitrogens with one attached hydrogen (secondary N) is 1. The number of benzene rings is 3. The van der Waals surface area contributed by atoms with Crippen LogP contribution in [0.15, 0.2) is 76.5 Å². The normalized spacial score (nSPS) is 11.2. The van der Waals surface area contributed by atoms with Crippen molar-refractivity contribution in [3.05, 3.63) is 88.2 Å². The Balaban J connectivity index is 1.68. The number of thiazole rings is 1. The highest BCUT2D eigenvalue weighted by Gasteiger charge is 2.20. The van der Waals surface area contributed by atoms with Crippen molar-refractivity contribution in [2.75, 3.05) is 21.3 Å². The molecular formula is C27H22N4O5S. The number of H-pyrrole nitrogens is 1. The van der Waals surface area contributed by atoms with E-state index in [4.69, 9.17) is 14.2 Å². The molecule has 0 saturated heterocycles. The van der Waals surface area contributed by atoms with Crippen LogP contribution in [0, 0.1) is 0 Å². The summed E-state index contributed by atoms with van der Waals surface area (Å²) in [7, 11) is 4.24. The molecule has 37 heavy (non-hydrogen) atoms. The quantitative estimate of drug-likeness (QED) is 0.242. The van der Waals surface area contributed by atoms with Gasteiger partial charge < -0.3 is 14.2 Å². The van der Waals surface area contributed by atoms with Crippen molar-refractivity contribution >= 4 is 39.4 Å². The number of methoxy groups -OCH3 is 3. The predicted octanol–water partition coefficient (Wildman–Crippen LogP) is 5.00. The number of carbonyl (C=O) groups excluding carboxylic acids is 1. The Kier molecular flexibility index (Phi) is 6.57. The number of fused-ring (bicyclic) bond motifs is 1. The van der Waals surface area contributed by atoms with Crippen LogP contribution in [-0.2, 0) is 4.74 Å². The molecular weight excluding hydrogens is 492 g/mol. The summed E-state index contributed by atoms with van der Waals surface area (Å²) in [5, 5.41) is 3.70. The van der Waals surface area contributed by atoms with Crippen LogP contribution in [0.25, 0.3) is 26.6 Å². The van der Waals surface area contributed by atoms with Gasteiger partial charge in [0.1, 0.15) is 0 Å². The third-order valence-electron chi connectivity index (χ3n) is 5.70. The number of ether oxygens (including phenoxy) is 3. The average molecular weight is 515 g/mol. The molecule has 0 aliphatic carbocycles. The van der Waals surface area contributed by atoms with E-state index in [1.54, 1.807) is 6.07 Å². The minimum absolute atomic E-state index is 0.166. The summed E-state index contributed by atoms with van der Waals surface area (Å²) < 4.78 is 18.0. The molecule has 186 valence electrons. The summed E-state index contributed by atoms with van der Waals surface area (Å²) in [6, 6.07) is 20.2. The predicted molar refractivity (Wildman–Crippen MR) is 143 cm³/mol. The Bertz CT molecular complexity index is 1650. The molecule has 0 spiro atoms. The van der Waals surface area contributed by atoms with Gasteiger partial charge in [0.05, 0.1) is 54.1 Å². The first-order chi connectivity index (χ1) is 18.0. The highest BCUT2D eigenvalue weighted by Crippen LogP contribution is 2.35. The van der Waals surface area contributed by atoms with Crippen LogP contribution in [-0.4, -0.2) is 48.3 Å². The molecule has 0 bridgehead atoms. The van der Waals surface area contributed by atoms with E-state index in [-0.39, 0.29) is 16.8 Å². The average Bonchev–Trinajstić information content (AvgIpc) is 3.52. The molecule has 9 nitrogen and oxygen atoms in total. The SMILES string of the molecule is COC(=O)c1cc(OC)c(OC)cc1N=Cc1c(-c2ccccc2)[nH]n(-c2nc3ccccc3s2)c1=O. The number of rotatable bonds is 7. The molecule has 0 amide bonds. The number of hydrogen-bond donors (Lipinski definition) is 1. The summed E-state index contributed by atoms with van der Waals surface area (Å²) in [6.07, 6.45) is 1.43. The first-order valence-electron chi connectivity index (χ1n) is 11.2. The van der Waals surface area contributed by atoms with Gasteiger partial charge in [0, 0.05) is 23.9 Å². The molecule has 5 rings (SSSR count). The summed E-state index contributed by atoms with van der Waals surface area (Å²) in [5.74, 6) is 0.135. The maximum absolute atomic E-state index is 13.6. The number of hydrogen-bond acceptors (Lipinski definition) is 8. The molecule has 0 atom stereocenters. The zero-order valence-electron chi connectivity index (χ0n) is 20.2. The molecule has 10 heteroatoms. The van der Waals surface area contributed by atoms with E-state index in [2.05, 4.69) is 15.1 Å². The maximum atomic E-state index is 13.6. The van der Waals surface area contributed by atoms with Gasteiger partial charge in [-0.1, -0.05) is 53.8 Å².